The fourth-order valence-electron chi connectivity index (χ4n) is 3.43. The van der Waals surface area contributed by atoms with Gasteiger partial charge in [0.1, 0.15) is 47.2 Å². The number of aliphatic hydroxyl groups excluding tert-OH is 4. The molecule has 2 heterocycles. The van der Waals surface area contributed by atoms with Crippen LogP contribution in [0.15, 0.2) is 36.1 Å². The zero-order valence-corrected chi connectivity index (χ0v) is 16.3. The number of ether oxygens (including phenoxy) is 3. The van der Waals surface area contributed by atoms with E-state index in [-0.39, 0.29) is 34.3 Å². The predicted octanol–water partition coefficient (Wildman–Crippen LogP) is -0.402. The van der Waals surface area contributed by atoms with E-state index < -0.39 is 48.8 Å². The second kappa shape index (κ2) is 8.30. The number of hydrogen-bond donors (Lipinski definition) is 7. The van der Waals surface area contributed by atoms with Crippen molar-refractivity contribution in [2.45, 2.75) is 30.7 Å². The lowest BCUT2D eigenvalue weighted by atomic mass is 9.99. The van der Waals surface area contributed by atoms with E-state index in [0.717, 1.165) is 6.07 Å². The molecule has 1 fully saturated rings. The Hall–Kier alpha value is -3.35. The molecule has 2 aromatic rings. The molecule has 0 aliphatic carbocycles. The summed E-state index contributed by atoms with van der Waals surface area (Å²) in [6, 6.07) is 6.13. The molecule has 11 nitrogen and oxygen atoms in total. The molecule has 32 heavy (non-hydrogen) atoms. The van der Waals surface area contributed by atoms with Gasteiger partial charge in [0, 0.05) is 12.1 Å². The number of hydrogen-bond acceptors (Lipinski definition) is 11. The van der Waals surface area contributed by atoms with Crippen LogP contribution in [0.5, 0.6) is 28.7 Å². The van der Waals surface area contributed by atoms with E-state index in [9.17, 15) is 40.5 Å². The Morgan fingerprint density at radius 3 is 2.41 bits per heavy atom. The molecule has 0 spiro atoms. The zero-order valence-electron chi connectivity index (χ0n) is 16.3. The second-order valence-corrected chi connectivity index (χ2v) is 7.32. The number of aliphatic hydroxyl groups is 4. The van der Waals surface area contributed by atoms with Crippen molar-refractivity contribution < 1.29 is 54.8 Å². The number of Topliss-reactive ketones (excluding diaryl/α,β-unsaturated/α-hetero) is 1. The molecule has 2 unspecified atom stereocenters. The molecule has 2 aliphatic rings. The van der Waals surface area contributed by atoms with Crippen LogP contribution in [0.3, 0.4) is 0 Å². The Bertz CT molecular complexity index is 1080. The number of phenols is 3. The number of carbonyl (C=O) groups is 1. The van der Waals surface area contributed by atoms with Crippen molar-refractivity contribution in [2.75, 3.05) is 6.61 Å². The summed E-state index contributed by atoms with van der Waals surface area (Å²) in [5, 5.41) is 68.4. The molecule has 0 aromatic heterocycles. The lowest BCUT2D eigenvalue weighted by molar-refractivity contribution is -0.277. The SMILES string of the molecule is O=C1/C(=C\c2ccc(O)c(O)c2)Oc2cc(O)cc(O[C@@H]3OC(CO)[C@@H](O)[C@H](O)C3O)c21. The van der Waals surface area contributed by atoms with Crippen molar-refractivity contribution in [3.8, 4) is 28.7 Å². The highest BCUT2D eigenvalue weighted by Gasteiger charge is 2.45. The van der Waals surface area contributed by atoms with Gasteiger partial charge < -0.3 is 50.0 Å². The molecule has 0 bridgehead atoms. The minimum atomic E-state index is -1.72. The highest BCUT2D eigenvalue weighted by molar-refractivity contribution is 6.16. The van der Waals surface area contributed by atoms with Crippen molar-refractivity contribution in [3.63, 3.8) is 0 Å². The average molecular weight is 448 g/mol. The summed E-state index contributed by atoms with van der Waals surface area (Å²) in [5.74, 6) is -2.17. The van der Waals surface area contributed by atoms with Crippen LogP contribution < -0.4 is 9.47 Å². The van der Waals surface area contributed by atoms with Crippen LogP contribution in [0.4, 0.5) is 0 Å². The molecule has 11 heteroatoms. The van der Waals surface area contributed by atoms with Gasteiger partial charge in [-0.1, -0.05) is 6.07 Å². The Labute approximate surface area is 180 Å². The third-order valence-electron chi connectivity index (χ3n) is 5.11. The molecule has 4 rings (SSSR count). The predicted molar refractivity (Wildman–Crippen MR) is 105 cm³/mol. The summed E-state index contributed by atoms with van der Waals surface area (Å²) < 4.78 is 16.3. The zero-order chi connectivity index (χ0) is 23.2. The summed E-state index contributed by atoms with van der Waals surface area (Å²) in [6.45, 7) is -0.669. The molecule has 1 saturated heterocycles. The maximum absolute atomic E-state index is 12.9. The maximum atomic E-state index is 12.9. The van der Waals surface area contributed by atoms with Gasteiger partial charge in [0.15, 0.2) is 17.3 Å². The van der Waals surface area contributed by atoms with Gasteiger partial charge in [0.05, 0.1) is 6.61 Å². The van der Waals surface area contributed by atoms with E-state index in [2.05, 4.69) is 0 Å². The second-order valence-electron chi connectivity index (χ2n) is 7.32. The van der Waals surface area contributed by atoms with Crippen LogP contribution in [-0.2, 0) is 4.74 Å². The standard InChI is InChI=1S/C21H20O11/c22-7-15-18(27)19(28)20(29)21(32-15)31-13-6-9(23)5-12-16(13)17(26)14(30-12)4-8-1-2-10(24)11(25)3-8/h1-6,15,18-25,27-29H,7H2/b14-4+/t15?,18-,19+,20?,21-/m1/s1. The van der Waals surface area contributed by atoms with Crippen LogP contribution >= 0.6 is 0 Å². The van der Waals surface area contributed by atoms with Gasteiger partial charge in [-0.05, 0) is 23.8 Å². The van der Waals surface area contributed by atoms with Gasteiger partial charge in [0.25, 0.3) is 0 Å². The highest BCUT2D eigenvalue weighted by atomic mass is 16.7. The van der Waals surface area contributed by atoms with Crippen molar-refractivity contribution in [3.05, 3.63) is 47.2 Å². The fourth-order valence-corrected chi connectivity index (χ4v) is 3.43. The number of phenolic OH excluding ortho intramolecular Hbond substituents is 3. The number of aromatic hydroxyl groups is 3. The van der Waals surface area contributed by atoms with Gasteiger partial charge in [-0.2, -0.15) is 0 Å². The molecule has 7 N–H and O–H groups in total. The van der Waals surface area contributed by atoms with Crippen LogP contribution in [0, 0.1) is 0 Å². The number of carbonyl (C=O) groups excluding carboxylic acids is 1. The number of rotatable bonds is 4. The molecular weight excluding hydrogens is 428 g/mol. The van der Waals surface area contributed by atoms with Gasteiger partial charge in [-0.25, -0.2) is 0 Å². The van der Waals surface area contributed by atoms with Crippen molar-refractivity contribution in [1.29, 1.82) is 0 Å². The smallest absolute Gasteiger partial charge is 0.235 e. The van der Waals surface area contributed by atoms with Crippen molar-refractivity contribution in [2.24, 2.45) is 0 Å². The quantitative estimate of drug-likeness (QED) is 0.238. The van der Waals surface area contributed by atoms with Crippen molar-refractivity contribution in [1.82, 2.24) is 0 Å². The number of fused-ring (bicyclic) bond motifs is 1. The summed E-state index contributed by atoms with van der Waals surface area (Å²) in [7, 11) is 0. The first kappa shape index (κ1) is 21.9. The first-order chi connectivity index (χ1) is 15.2. The van der Waals surface area contributed by atoms with Gasteiger partial charge in [-0.15, -0.1) is 0 Å². The van der Waals surface area contributed by atoms with E-state index in [1.807, 2.05) is 0 Å². The van der Waals surface area contributed by atoms with E-state index >= 15 is 0 Å². The highest BCUT2D eigenvalue weighted by Crippen LogP contribution is 2.42. The molecule has 5 atom stereocenters. The minimum Gasteiger partial charge on any atom is -0.508 e. The summed E-state index contributed by atoms with van der Waals surface area (Å²) in [6.07, 6.45) is -6.51. The normalized spacial score (nSPS) is 28.4. The first-order valence-electron chi connectivity index (χ1n) is 9.50. The van der Waals surface area contributed by atoms with Gasteiger partial charge in [0.2, 0.25) is 12.1 Å². The van der Waals surface area contributed by atoms with Crippen LogP contribution in [0.2, 0.25) is 0 Å². The summed E-state index contributed by atoms with van der Waals surface area (Å²) in [5.41, 5.74) is 0.242. The molecule has 2 aromatic carbocycles. The van der Waals surface area contributed by atoms with E-state index in [4.69, 9.17) is 14.2 Å². The van der Waals surface area contributed by atoms with E-state index in [1.54, 1.807) is 0 Å². The molecular formula is C21H20O11. The Balaban J connectivity index is 1.65. The van der Waals surface area contributed by atoms with E-state index in [0.29, 0.717) is 5.56 Å². The number of benzene rings is 2. The Morgan fingerprint density at radius 2 is 1.72 bits per heavy atom. The van der Waals surface area contributed by atoms with Gasteiger partial charge >= 0.3 is 0 Å². The largest absolute Gasteiger partial charge is 0.508 e. The van der Waals surface area contributed by atoms with Crippen LogP contribution in [-0.4, -0.2) is 78.8 Å². The number of allylic oxidation sites excluding steroid dienone is 1. The molecule has 2 aliphatic heterocycles. The molecule has 0 radical (unpaired) electrons. The number of ketones is 1. The topological polar surface area (TPSA) is 186 Å². The lowest BCUT2D eigenvalue weighted by Crippen LogP contribution is -2.60. The Morgan fingerprint density at radius 1 is 0.969 bits per heavy atom. The average Bonchev–Trinajstić information content (AvgIpc) is 3.06. The molecule has 170 valence electrons. The molecule has 0 amide bonds. The monoisotopic (exact) mass is 448 g/mol. The first-order valence-corrected chi connectivity index (χ1v) is 9.50. The fraction of sp³-hybridized carbons (Fsp3) is 0.286. The van der Waals surface area contributed by atoms with E-state index in [1.165, 1.54) is 30.3 Å². The minimum absolute atomic E-state index is 0.0520. The van der Waals surface area contributed by atoms with Gasteiger partial charge in [-0.3, -0.25) is 4.79 Å². The summed E-state index contributed by atoms with van der Waals surface area (Å²) in [4.78, 5) is 12.9. The molecule has 0 saturated carbocycles. The third-order valence-corrected chi connectivity index (χ3v) is 5.11. The van der Waals surface area contributed by atoms with Crippen molar-refractivity contribution >= 4 is 11.9 Å². The maximum Gasteiger partial charge on any atom is 0.235 e. The third kappa shape index (κ3) is 3.83. The van der Waals surface area contributed by atoms with Crippen LogP contribution in [0.25, 0.3) is 6.08 Å². The Kier molecular flexibility index (Phi) is 5.67. The van der Waals surface area contributed by atoms with Crippen LogP contribution in [0.1, 0.15) is 15.9 Å². The summed E-state index contributed by atoms with van der Waals surface area (Å²) >= 11 is 0. The lowest BCUT2D eigenvalue weighted by Gasteiger charge is -2.39.